The molecule has 4 rings (SSSR count). The number of nitrogens with one attached hydrogen (secondary N) is 1. The van der Waals surface area contributed by atoms with E-state index >= 15 is 0 Å². The number of benzene rings is 2. The highest BCUT2D eigenvalue weighted by molar-refractivity contribution is 5.95. The fourth-order valence-corrected chi connectivity index (χ4v) is 3.07. The second-order valence-electron chi connectivity index (χ2n) is 6.17. The molecule has 0 fully saturated rings. The standard InChI is InChI=1S/C20H17NO4/c1-12(17-11-14-7-3-5-9-16(14)24-17)21-19(22)18-10-13-6-2-4-8-15(13)20(23)25-18/h2-9,11-12,18H,10H2,1H3,(H,21,22)/t12-,18-/m0/s1. The van der Waals surface area contributed by atoms with Gasteiger partial charge in [0.2, 0.25) is 0 Å². The molecule has 1 aliphatic rings. The van der Waals surface area contributed by atoms with Gasteiger partial charge in [0.25, 0.3) is 5.91 Å². The molecule has 1 amide bonds. The third kappa shape index (κ3) is 2.89. The molecule has 2 heterocycles. The van der Waals surface area contributed by atoms with Crippen molar-refractivity contribution in [2.75, 3.05) is 0 Å². The lowest BCUT2D eigenvalue weighted by Crippen LogP contribution is -2.42. The first-order chi connectivity index (χ1) is 12.1. The van der Waals surface area contributed by atoms with Gasteiger partial charge in [0.15, 0.2) is 6.10 Å². The number of carbonyl (C=O) groups is 2. The van der Waals surface area contributed by atoms with E-state index in [0.29, 0.717) is 17.7 Å². The summed E-state index contributed by atoms with van der Waals surface area (Å²) in [6.45, 7) is 1.84. The number of cyclic esters (lactones) is 1. The highest BCUT2D eigenvalue weighted by Gasteiger charge is 2.32. The van der Waals surface area contributed by atoms with Gasteiger partial charge in [0.05, 0.1) is 11.6 Å². The summed E-state index contributed by atoms with van der Waals surface area (Å²) >= 11 is 0. The molecule has 0 spiro atoms. The van der Waals surface area contributed by atoms with Crippen LogP contribution < -0.4 is 5.32 Å². The van der Waals surface area contributed by atoms with Crippen molar-refractivity contribution < 1.29 is 18.7 Å². The number of para-hydroxylation sites is 1. The first kappa shape index (κ1) is 15.4. The van der Waals surface area contributed by atoms with Crippen molar-refractivity contribution in [1.29, 1.82) is 0 Å². The molecule has 126 valence electrons. The number of rotatable bonds is 3. The molecule has 0 saturated carbocycles. The summed E-state index contributed by atoms with van der Waals surface area (Å²) in [5, 5.41) is 3.85. The van der Waals surface area contributed by atoms with Crippen LogP contribution in [0.15, 0.2) is 59.0 Å². The fraction of sp³-hybridized carbons (Fsp3) is 0.200. The summed E-state index contributed by atoms with van der Waals surface area (Å²) < 4.78 is 11.1. The van der Waals surface area contributed by atoms with E-state index in [2.05, 4.69) is 5.32 Å². The molecule has 1 aromatic heterocycles. The van der Waals surface area contributed by atoms with E-state index in [0.717, 1.165) is 16.5 Å². The molecule has 3 aromatic rings. The monoisotopic (exact) mass is 335 g/mol. The minimum atomic E-state index is -0.825. The lowest BCUT2D eigenvalue weighted by Gasteiger charge is -2.24. The fourth-order valence-electron chi connectivity index (χ4n) is 3.07. The van der Waals surface area contributed by atoms with Crippen LogP contribution in [0.1, 0.15) is 34.6 Å². The molecule has 0 bridgehead atoms. The van der Waals surface area contributed by atoms with Gasteiger partial charge < -0.3 is 14.5 Å². The van der Waals surface area contributed by atoms with E-state index in [1.54, 1.807) is 12.1 Å². The summed E-state index contributed by atoms with van der Waals surface area (Å²) in [4.78, 5) is 24.6. The van der Waals surface area contributed by atoms with Crippen LogP contribution in [0.2, 0.25) is 0 Å². The Morgan fingerprint density at radius 1 is 1.16 bits per heavy atom. The number of hydrogen-bond donors (Lipinski definition) is 1. The summed E-state index contributed by atoms with van der Waals surface area (Å²) in [7, 11) is 0. The first-order valence-electron chi connectivity index (χ1n) is 8.19. The van der Waals surface area contributed by atoms with Crippen molar-refractivity contribution in [2.24, 2.45) is 0 Å². The van der Waals surface area contributed by atoms with Gasteiger partial charge in [-0.25, -0.2) is 4.79 Å². The van der Waals surface area contributed by atoms with Crippen LogP contribution in [0.5, 0.6) is 0 Å². The molecule has 2 aromatic carbocycles. The zero-order valence-electron chi connectivity index (χ0n) is 13.7. The Balaban J connectivity index is 1.49. The van der Waals surface area contributed by atoms with Gasteiger partial charge in [-0.1, -0.05) is 36.4 Å². The van der Waals surface area contributed by atoms with Crippen LogP contribution in [0, 0.1) is 0 Å². The van der Waals surface area contributed by atoms with Gasteiger partial charge in [-0.05, 0) is 30.7 Å². The van der Waals surface area contributed by atoms with Crippen molar-refractivity contribution >= 4 is 22.8 Å². The molecular weight excluding hydrogens is 318 g/mol. The third-order valence-electron chi connectivity index (χ3n) is 4.41. The number of furan rings is 1. The Hall–Kier alpha value is -3.08. The number of amides is 1. The van der Waals surface area contributed by atoms with E-state index in [1.165, 1.54) is 0 Å². The Labute approximate surface area is 144 Å². The molecule has 0 saturated heterocycles. The van der Waals surface area contributed by atoms with Crippen molar-refractivity contribution in [3.63, 3.8) is 0 Å². The second-order valence-corrected chi connectivity index (χ2v) is 6.17. The minimum Gasteiger partial charge on any atom is -0.459 e. The maximum absolute atomic E-state index is 12.5. The Morgan fingerprint density at radius 2 is 1.92 bits per heavy atom. The van der Waals surface area contributed by atoms with Gasteiger partial charge in [-0.3, -0.25) is 4.79 Å². The molecule has 1 N–H and O–H groups in total. The van der Waals surface area contributed by atoms with E-state index in [9.17, 15) is 9.59 Å². The zero-order valence-corrected chi connectivity index (χ0v) is 13.7. The van der Waals surface area contributed by atoms with Gasteiger partial charge in [-0.2, -0.15) is 0 Å². The Morgan fingerprint density at radius 3 is 2.76 bits per heavy atom. The lowest BCUT2D eigenvalue weighted by atomic mass is 9.98. The van der Waals surface area contributed by atoms with Gasteiger partial charge in [0, 0.05) is 11.8 Å². The SMILES string of the molecule is C[C@H](NC(=O)[C@@H]1Cc2ccccc2C(=O)O1)c1cc2ccccc2o1. The van der Waals surface area contributed by atoms with E-state index in [-0.39, 0.29) is 11.9 Å². The van der Waals surface area contributed by atoms with Crippen LogP contribution in [0.3, 0.4) is 0 Å². The summed E-state index contributed by atoms with van der Waals surface area (Å²) in [6, 6.07) is 16.4. The maximum Gasteiger partial charge on any atom is 0.339 e. The average Bonchev–Trinajstić information content (AvgIpc) is 3.06. The highest BCUT2D eigenvalue weighted by atomic mass is 16.5. The van der Waals surface area contributed by atoms with E-state index in [1.807, 2.05) is 49.4 Å². The molecule has 0 aliphatic carbocycles. The van der Waals surface area contributed by atoms with Crippen molar-refractivity contribution in [2.45, 2.75) is 25.5 Å². The molecule has 5 heteroatoms. The Bertz CT molecular complexity index is 926. The summed E-state index contributed by atoms with van der Waals surface area (Å²) in [5.74, 6) is -0.119. The van der Waals surface area contributed by atoms with Gasteiger partial charge >= 0.3 is 5.97 Å². The van der Waals surface area contributed by atoms with Gasteiger partial charge in [0.1, 0.15) is 11.3 Å². The maximum atomic E-state index is 12.5. The van der Waals surface area contributed by atoms with Crippen LogP contribution in [0.25, 0.3) is 11.0 Å². The highest BCUT2D eigenvalue weighted by Crippen LogP contribution is 2.25. The molecular formula is C20H17NO4. The quantitative estimate of drug-likeness (QED) is 0.745. The van der Waals surface area contributed by atoms with E-state index in [4.69, 9.17) is 9.15 Å². The number of esters is 1. The Kier molecular flexibility index (Phi) is 3.76. The van der Waals surface area contributed by atoms with Crippen molar-refractivity contribution in [3.05, 3.63) is 71.5 Å². The molecule has 5 nitrogen and oxygen atoms in total. The summed E-state index contributed by atoms with van der Waals surface area (Å²) in [6.07, 6.45) is -0.449. The van der Waals surface area contributed by atoms with Crippen molar-refractivity contribution in [1.82, 2.24) is 5.32 Å². The van der Waals surface area contributed by atoms with E-state index < -0.39 is 12.1 Å². The predicted molar refractivity (Wildman–Crippen MR) is 92.1 cm³/mol. The lowest BCUT2D eigenvalue weighted by molar-refractivity contribution is -0.131. The topological polar surface area (TPSA) is 68.5 Å². The molecule has 1 aliphatic heterocycles. The van der Waals surface area contributed by atoms with Crippen molar-refractivity contribution in [3.8, 4) is 0 Å². The second kappa shape index (κ2) is 6.09. The summed E-state index contributed by atoms with van der Waals surface area (Å²) in [5.41, 5.74) is 2.13. The molecule has 2 atom stereocenters. The minimum absolute atomic E-state index is 0.323. The predicted octanol–water partition coefficient (Wildman–Crippen LogP) is 3.39. The van der Waals surface area contributed by atoms with Crippen LogP contribution >= 0.6 is 0 Å². The number of ether oxygens (including phenoxy) is 1. The largest absolute Gasteiger partial charge is 0.459 e. The third-order valence-corrected chi connectivity index (χ3v) is 4.41. The normalized spacial score (nSPS) is 17.6. The van der Waals surface area contributed by atoms with Gasteiger partial charge in [-0.15, -0.1) is 0 Å². The molecule has 0 radical (unpaired) electrons. The first-order valence-corrected chi connectivity index (χ1v) is 8.19. The van der Waals surface area contributed by atoms with Crippen LogP contribution in [-0.2, 0) is 16.0 Å². The molecule has 25 heavy (non-hydrogen) atoms. The average molecular weight is 335 g/mol. The number of carbonyl (C=O) groups excluding carboxylic acids is 2. The smallest absolute Gasteiger partial charge is 0.339 e. The molecule has 0 unspecified atom stereocenters. The number of hydrogen-bond acceptors (Lipinski definition) is 4. The van der Waals surface area contributed by atoms with Crippen LogP contribution in [-0.4, -0.2) is 18.0 Å². The number of fused-ring (bicyclic) bond motifs is 2. The van der Waals surface area contributed by atoms with Crippen LogP contribution in [0.4, 0.5) is 0 Å². The zero-order chi connectivity index (χ0) is 17.4.